The number of para-hydroxylation sites is 1. The summed E-state index contributed by atoms with van der Waals surface area (Å²) in [5.74, 6) is -1.37. The number of benzene rings is 1. The van der Waals surface area contributed by atoms with Crippen LogP contribution in [0.2, 0.25) is 0 Å². The van der Waals surface area contributed by atoms with Crippen LogP contribution in [-0.4, -0.2) is 30.3 Å². The lowest BCUT2D eigenvalue weighted by Gasteiger charge is -2.11. The average Bonchev–Trinajstić information content (AvgIpc) is 2.37. The number of unbranched alkanes of at least 4 members (excludes halogenated alkanes) is 1. The summed E-state index contributed by atoms with van der Waals surface area (Å²) in [5, 5.41) is 9.03. The number of aryl methyl sites for hydroxylation is 1. The fourth-order valence-electron chi connectivity index (χ4n) is 1.52. The fourth-order valence-corrected chi connectivity index (χ4v) is 1.52. The number of rotatable bonds is 7. The van der Waals surface area contributed by atoms with E-state index < -0.39 is 11.9 Å². The lowest BCUT2D eigenvalue weighted by molar-refractivity contribution is -0.146. The molecule has 0 atom stereocenters. The highest BCUT2D eigenvalue weighted by Gasteiger charge is 2.14. The Morgan fingerprint density at radius 2 is 2.05 bits per heavy atom. The smallest absolute Gasteiger partial charge is 0.344 e. The maximum absolute atomic E-state index is 11.4. The van der Waals surface area contributed by atoms with Crippen molar-refractivity contribution in [1.82, 2.24) is 0 Å². The van der Waals surface area contributed by atoms with Crippen molar-refractivity contribution in [2.24, 2.45) is 0 Å². The van der Waals surface area contributed by atoms with Crippen molar-refractivity contribution in [3.63, 3.8) is 0 Å². The highest BCUT2D eigenvalue weighted by atomic mass is 16.6. The minimum absolute atomic E-state index is 0.0429. The van der Waals surface area contributed by atoms with Crippen molar-refractivity contribution >= 4 is 11.9 Å². The first kappa shape index (κ1) is 15.0. The van der Waals surface area contributed by atoms with Crippen LogP contribution in [0.5, 0.6) is 5.75 Å². The third-order valence-corrected chi connectivity index (χ3v) is 2.54. The van der Waals surface area contributed by atoms with Crippen LogP contribution in [0.4, 0.5) is 0 Å². The molecule has 0 spiro atoms. The van der Waals surface area contributed by atoms with E-state index >= 15 is 0 Å². The molecule has 0 radical (unpaired) electrons. The van der Waals surface area contributed by atoms with Gasteiger partial charge in [0.25, 0.3) is 0 Å². The first-order valence-corrected chi connectivity index (χ1v) is 6.17. The molecule has 0 fully saturated rings. The van der Waals surface area contributed by atoms with Crippen molar-refractivity contribution in [2.75, 3.05) is 13.2 Å². The zero-order valence-corrected chi connectivity index (χ0v) is 11.1. The van der Waals surface area contributed by atoms with Gasteiger partial charge in [-0.05, 0) is 25.0 Å². The molecule has 1 aromatic carbocycles. The highest BCUT2D eigenvalue weighted by molar-refractivity contribution is 5.91. The molecule has 1 N–H and O–H groups in total. The maximum atomic E-state index is 11.4. The van der Waals surface area contributed by atoms with Crippen LogP contribution in [0.15, 0.2) is 18.2 Å². The third-order valence-electron chi connectivity index (χ3n) is 2.54. The summed E-state index contributed by atoms with van der Waals surface area (Å²) in [6.07, 6.45) is 1.74. The van der Waals surface area contributed by atoms with Crippen molar-refractivity contribution in [2.45, 2.75) is 26.7 Å². The Hall–Kier alpha value is -2.04. The second-order valence-electron chi connectivity index (χ2n) is 4.12. The van der Waals surface area contributed by atoms with Gasteiger partial charge in [-0.15, -0.1) is 0 Å². The summed E-state index contributed by atoms with van der Waals surface area (Å²) in [5.41, 5.74) is 0.711. The predicted molar refractivity (Wildman–Crippen MR) is 69.5 cm³/mol. The average molecular weight is 266 g/mol. The Balaban J connectivity index is 2.62. The molecule has 0 aliphatic rings. The number of aromatic carboxylic acids is 1. The summed E-state index contributed by atoms with van der Waals surface area (Å²) in [7, 11) is 0. The molecule has 0 heterocycles. The van der Waals surface area contributed by atoms with E-state index in [1.54, 1.807) is 19.1 Å². The molecule has 0 unspecified atom stereocenters. The molecular formula is C14H18O5. The molecule has 0 aliphatic carbocycles. The summed E-state index contributed by atoms with van der Waals surface area (Å²) in [6, 6.07) is 4.79. The summed E-state index contributed by atoms with van der Waals surface area (Å²) >= 11 is 0. The van der Waals surface area contributed by atoms with E-state index in [-0.39, 0.29) is 17.9 Å². The molecule has 5 heteroatoms. The molecule has 0 amide bonds. The Morgan fingerprint density at radius 3 is 2.68 bits per heavy atom. The Labute approximate surface area is 112 Å². The molecular weight excluding hydrogens is 248 g/mol. The molecule has 104 valence electrons. The van der Waals surface area contributed by atoms with Gasteiger partial charge in [0.1, 0.15) is 11.3 Å². The number of hydrogen-bond donors (Lipinski definition) is 1. The molecule has 0 bridgehead atoms. The maximum Gasteiger partial charge on any atom is 0.344 e. The largest absolute Gasteiger partial charge is 0.481 e. The van der Waals surface area contributed by atoms with Crippen molar-refractivity contribution in [3.05, 3.63) is 29.3 Å². The lowest BCUT2D eigenvalue weighted by atomic mass is 10.1. The van der Waals surface area contributed by atoms with Crippen molar-refractivity contribution < 1.29 is 24.2 Å². The molecule has 5 nitrogen and oxygen atoms in total. The summed E-state index contributed by atoms with van der Waals surface area (Å²) in [6.45, 7) is 3.80. The molecule has 19 heavy (non-hydrogen) atoms. The van der Waals surface area contributed by atoms with Gasteiger partial charge in [0.15, 0.2) is 6.61 Å². The standard InChI is InChI=1S/C14H18O5/c1-3-4-8-18-12(15)9-19-13-10(2)6-5-7-11(13)14(16)17/h5-7H,3-4,8-9H2,1-2H3,(H,16,17). The molecule has 0 saturated heterocycles. The zero-order valence-electron chi connectivity index (χ0n) is 11.1. The van der Waals surface area contributed by atoms with Gasteiger partial charge in [0.05, 0.1) is 6.61 Å². The van der Waals surface area contributed by atoms with E-state index in [2.05, 4.69) is 0 Å². The van der Waals surface area contributed by atoms with Gasteiger partial charge in [-0.2, -0.15) is 0 Å². The SMILES string of the molecule is CCCCOC(=O)COc1c(C)cccc1C(=O)O. The van der Waals surface area contributed by atoms with Gasteiger partial charge < -0.3 is 14.6 Å². The minimum atomic E-state index is -1.09. The quantitative estimate of drug-likeness (QED) is 0.606. The summed E-state index contributed by atoms with van der Waals surface area (Å²) in [4.78, 5) is 22.4. The van der Waals surface area contributed by atoms with Gasteiger partial charge in [-0.3, -0.25) is 0 Å². The van der Waals surface area contributed by atoms with Crippen LogP contribution < -0.4 is 4.74 Å². The Morgan fingerprint density at radius 1 is 1.32 bits per heavy atom. The number of ether oxygens (including phenoxy) is 2. The van der Waals surface area contributed by atoms with Gasteiger partial charge in [-0.25, -0.2) is 9.59 Å². The summed E-state index contributed by atoms with van der Waals surface area (Å²) < 4.78 is 10.2. The molecule has 0 saturated carbocycles. The van der Waals surface area contributed by atoms with Crippen LogP contribution >= 0.6 is 0 Å². The number of carbonyl (C=O) groups excluding carboxylic acids is 1. The number of hydrogen-bond acceptors (Lipinski definition) is 4. The van der Waals surface area contributed by atoms with E-state index in [4.69, 9.17) is 14.6 Å². The second-order valence-corrected chi connectivity index (χ2v) is 4.12. The second kappa shape index (κ2) is 7.41. The van der Waals surface area contributed by atoms with E-state index in [0.717, 1.165) is 12.8 Å². The molecule has 0 aliphatic heterocycles. The van der Waals surface area contributed by atoms with Crippen LogP contribution in [0, 0.1) is 6.92 Å². The lowest BCUT2D eigenvalue weighted by Crippen LogP contribution is -2.17. The molecule has 1 aromatic rings. The Bertz CT molecular complexity index is 453. The molecule has 0 aromatic heterocycles. The Kier molecular flexibility index (Phi) is 5.85. The first-order valence-electron chi connectivity index (χ1n) is 6.17. The minimum Gasteiger partial charge on any atom is -0.481 e. The van der Waals surface area contributed by atoms with Gasteiger partial charge in [0, 0.05) is 0 Å². The van der Waals surface area contributed by atoms with Gasteiger partial charge in [-0.1, -0.05) is 25.5 Å². The number of carboxylic acids is 1. The van der Waals surface area contributed by atoms with E-state index in [9.17, 15) is 9.59 Å². The predicted octanol–water partition coefficient (Wildman–Crippen LogP) is 2.42. The topological polar surface area (TPSA) is 72.8 Å². The van der Waals surface area contributed by atoms with Crippen LogP contribution in [0.25, 0.3) is 0 Å². The van der Waals surface area contributed by atoms with Gasteiger partial charge >= 0.3 is 11.9 Å². The molecule has 1 rings (SSSR count). The third kappa shape index (κ3) is 4.62. The van der Waals surface area contributed by atoms with Crippen LogP contribution in [-0.2, 0) is 9.53 Å². The van der Waals surface area contributed by atoms with Crippen molar-refractivity contribution in [1.29, 1.82) is 0 Å². The highest BCUT2D eigenvalue weighted by Crippen LogP contribution is 2.23. The van der Waals surface area contributed by atoms with Crippen LogP contribution in [0.1, 0.15) is 35.7 Å². The normalized spacial score (nSPS) is 10.0. The van der Waals surface area contributed by atoms with Gasteiger partial charge in [0.2, 0.25) is 0 Å². The van der Waals surface area contributed by atoms with Crippen LogP contribution in [0.3, 0.4) is 0 Å². The van der Waals surface area contributed by atoms with Crippen molar-refractivity contribution in [3.8, 4) is 5.75 Å². The first-order chi connectivity index (χ1) is 9.06. The zero-order chi connectivity index (χ0) is 14.3. The van der Waals surface area contributed by atoms with E-state index in [0.29, 0.717) is 12.2 Å². The van der Waals surface area contributed by atoms with E-state index in [1.165, 1.54) is 6.07 Å². The van der Waals surface area contributed by atoms with E-state index in [1.807, 2.05) is 6.92 Å². The number of esters is 1. The monoisotopic (exact) mass is 266 g/mol. The fraction of sp³-hybridized carbons (Fsp3) is 0.429. The number of carboxylic acid groups (broad SMARTS) is 1. The number of carbonyl (C=O) groups is 2.